The predicted octanol–water partition coefficient (Wildman–Crippen LogP) is 4.80. The van der Waals surface area contributed by atoms with E-state index in [-0.39, 0.29) is 24.3 Å². The molecule has 0 radical (unpaired) electrons. The maximum atomic E-state index is 12.7. The highest BCUT2D eigenvalue weighted by Crippen LogP contribution is 2.47. The van der Waals surface area contributed by atoms with Crippen molar-refractivity contribution in [3.05, 3.63) is 71.0 Å². The number of benzene rings is 2. The molecule has 5 nitrogen and oxygen atoms in total. The van der Waals surface area contributed by atoms with Crippen molar-refractivity contribution >= 4 is 23.5 Å². The molecule has 2 N–H and O–H groups in total. The first-order valence-corrected chi connectivity index (χ1v) is 10.7. The first kappa shape index (κ1) is 21.2. The Morgan fingerprint density at radius 3 is 2.32 bits per heavy atom. The summed E-state index contributed by atoms with van der Waals surface area (Å²) in [5, 5.41) is 12.1. The number of halogens is 1. The quantitative estimate of drug-likeness (QED) is 0.583. The summed E-state index contributed by atoms with van der Waals surface area (Å²) >= 11 is 6.14. The van der Waals surface area contributed by atoms with Crippen molar-refractivity contribution in [3.8, 4) is 22.3 Å². The van der Waals surface area contributed by atoms with E-state index in [0.717, 1.165) is 40.9 Å². The third-order valence-electron chi connectivity index (χ3n) is 5.67. The van der Waals surface area contributed by atoms with Gasteiger partial charge in [-0.3, -0.25) is 9.59 Å². The van der Waals surface area contributed by atoms with E-state index in [9.17, 15) is 9.59 Å². The third kappa shape index (κ3) is 4.37. The molecular weight excluding hydrogens is 412 g/mol. The van der Waals surface area contributed by atoms with Gasteiger partial charge in [0, 0.05) is 34.1 Å². The van der Waals surface area contributed by atoms with Gasteiger partial charge in [0.1, 0.15) is 6.54 Å². The fourth-order valence-electron chi connectivity index (χ4n) is 4.45. The van der Waals surface area contributed by atoms with E-state index in [1.165, 1.54) is 5.69 Å². The lowest BCUT2D eigenvalue weighted by molar-refractivity contribution is -0.137. The number of nitrogens with zero attached hydrogens (tertiary/aromatic N) is 1. The molecule has 2 heterocycles. The summed E-state index contributed by atoms with van der Waals surface area (Å²) in [6.45, 7) is 4.87. The molecule has 0 atom stereocenters. The van der Waals surface area contributed by atoms with Crippen molar-refractivity contribution < 1.29 is 14.7 Å². The number of aliphatic carboxylic acids is 1. The van der Waals surface area contributed by atoms with Gasteiger partial charge in [-0.2, -0.15) is 0 Å². The molecule has 0 spiro atoms. The number of aromatic nitrogens is 1. The van der Waals surface area contributed by atoms with Crippen LogP contribution >= 0.6 is 11.6 Å². The van der Waals surface area contributed by atoms with Crippen LogP contribution in [0.4, 0.5) is 0 Å². The van der Waals surface area contributed by atoms with Crippen LogP contribution in [0.25, 0.3) is 22.3 Å². The number of rotatable bonds is 6. The molecule has 0 aliphatic carbocycles. The van der Waals surface area contributed by atoms with Gasteiger partial charge in [0.25, 0.3) is 0 Å². The molecule has 0 fully saturated rings. The van der Waals surface area contributed by atoms with Crippen molar-refractivity contribution in [1.29, 1.82) is 0 Å². The van der Waals surface area contributed by atoms with Gasteiger partial charge in [0.2, 0.25) is 5.91 Å². The Morgan fingerprint density at radius 1 is 1.03 bits per heavy atom. The SMILES string of the molecule is CC1(C)Cc2c(-c3ccccc3)c(-c3ccc(Cl)cc3)c(CC(=O)NCC(=O)O)n2C1. The molecule has 1 aliphatic rings. The van der Waals surface area contributed by atoms with Crippen molar-refractivity contribution in [3.63, 3.8) is 0 Å². The Hall–Kier alpha value is -3.05. The molecule has 31 heavy (non-hydrogen) atoms. The van der Waals surface area contributed by atoms with Crippen molar-refractivity contribution in [2.24, 2.45) is 5.41 Å². The summed E-state index contributed by atoms with van der Waals surface area (Å²) in [7, 11) is 0. The Kier molecular flexibility index (Phi) is 5.63. The molecule has 0 saturated heterocycles. The molecule has 1 amide bonds. The van der Waals surface area contributed by atoms with Gasteiger partial charge in [-0.25, -0.2) is 0 Å². The number of nitrogens with one attached hydrogen (secondary N) is 1. The molecule has 160 valence electrons. The average molecular weight is 437 g/mol. The molecule has 2 aromatic carbocycles. The van der Waals surface area contributed by atoms with E-state index in [1.54, 1.807) is 0 Å². The Bertz CT molecular complexity index is 1130. The van der Waals surface area contributed by atoms with Gasteiger partial charge >= 0.3 is 5.97 Å². The summed E-state index contributed by atoms with van der Waals surface area (Å²) in [4.78, 5) is 23.6. The number of carbonyl (C=O) groups excluding carboxylic acids is 1. The van der Waals surface area contributed by atoms with Crippen molar-refractivity contribution in [2.45, 2.75) is 33.2 Å². The summed E-state index contributed by atoms with van der Waals surface area (Å²) in [6.07, 6.45) is 1.01. The number of hydrogen-bond donors (Lipinski definition) is 2. The number of hydrogen-bond acceptors (Lipinski definition) is 2. The zero-order valence-electron chi connectivity index (χ0n) is 17.6. The molecule has 3 aromatic rings. The number of carboxylic acids is 1. The first-order chi connectivity index (χ1) is 14.7. The van der Waals surface area contributed by atoms with Crippen LogP contribution in [0.3, 0.4) is 0 Å². The lowest BCUT2D eigenvalue weighted by Crippen LogP contribution is -2.31. The van der Waals surface area contributed by atoms with Gasteiger partial charge in [-0.05, 0) is 35.1 Å². The van der Waals surface area contributed by atoms with Gasteiger partial charge in [0.15, 0.2) is 0 Å². The molecule has 0 saturated carbocycles. The van der Waals surface area contributed by atoms with Crippen LogP contribution < -0.4 is 5.32 Å². The smallest absolute Gasteiger partial charge is 0.322 e. The summed E-state index contributed by atoms with van der Waals surface area (Å²) in [6, 6.07) is 17.9. The highest BCUT2D eigenvalue weighted by atomic mass is 35.5. The number of fused-ring (bicyclic) bond motifs is 1. The number of carbonyl (C=O) groups is 2. The lowest BCUT2D eigenvalue weighted by Gasteiger charge is -2.19. The normalized spacial score (nSPS) is 14.3. The van der Waals surface area contributed by atoms with E-state index in [4.69, 9.17) is 16.7 Å². The van der Waals surface area contributed by atoms with Gasteiger partial charge in [-0.1, -0.05) is 67.9 Å². The van der Waals surface area contributed by atoms with E-state index in [1.807, 2.05) is 42.5 Å². The minimum atomic E-state index is -1.06. The summed E-state index contributed by atoms with van der Waals surface area (Å²) in [5.74, 6) is -1.36. The third-order valence-corrected chi connectivity index (χ3v) is 5.92. The lowest BCUT2D eigenvalue weighted by atomic mass is 9.86. The maximum absolute atomic E-state index is 12.7. The molecule has 1 aliphatic heterocycles. The predicted molar refractivity (Wildman–Crippen MR) is 122 cm³/mol. The second-order valence-electron chi connectivity index (χ2n) is 8.79. The molecule has 0 bridgehead atoms. The fraction of sp³-hybridized carbons (Fsp3) is 0.280. The second-order valence-corrected chi connectivity index (χ2v) is 9.23. The Balaban J connectivity index is 1.91. The summed E-state index contributed by atoms with van der Waals surface area (Å²) in [5.41, 5.74) is 6.43. The molecule has 1 aromatic heterocycles. The minimum absolute atomic E-state index is 0.0731. The molecule has 0 unspecified atom stereocenters. The van der Waals surface area contributed by atoms with Crippen LogP contribution in [0.2, 0.25) is 5.02 Å². The highest BCUT2D eigenvalue weighted by molar-refractivity contribution is 6.30. The second kappa shape index (κ2) is 8.23. The Labute approximate surface area is 186 Å². The van der Waals surface area contributed by atoms with Crippen LogP contribution in [0.5, 0.6) is 0 Å². The van der Waals surface area contributed by atoms with E-state index in [0.29, 0.717) is 5.02 Å². The fourth-order valence-corrected chi connectivity index (χ4v) is 4.58. The zero-order chi connectivity index (χ0) is 22.2. The van der Waals surface area contributed by atoms with Crippen LogP contribution in [-0.4, -0.2) is 28.1 Å². The minimum Gasteiger partial charge on any atom is -0.480 e. The molecular formula is C25H25ClN2O3. The van der Waals surface area contributed by atoms with Crippen LogP contribution in [0.15, 0.2) is 54.6 Å². The van der Waals surface area contributed by atoms with E-state index in [2.05, 4.69) is 35.9 Å². The van der Waals surface area contributed by atoms with Crippen LogP contribution in [-0.2, 0) is 29.0 Å². The Morgan fingerprint density at radius 2 is 1.68 bits per heavy atom. The van der Waals surface area contributed by atoms with E-state index < -0.39 is 5.97 Å². The monoisotopic (exact) mass is 436 g/mol. The van der Waals surface area contributed by atoms with Gasteiger partial charge in [0.05, 0.1) is 6.42 Å². The maximum Gasteiger partial charge on any atom is 0.322 e. The zero-order valence-corrected chi connectivity index (χ0v) is 18.4. The first-order valence-electron chi connectivity index (χ1n) is 10.3. The average Bonchev–Trinajstić information content (AvgIpc) is 3.18. The van der Waals surface area contributed by atoms with Crippen LogP contribution in [0, 0.1) is 5.41 Å². The van der Waals surface area contributed by atoms with Crippen molar-refractivity contribution in [2.75, 3.05) is 6.54 Å². The van der Waals surface area contributed by atoms with Crippen molar-refractivity contribution in [1.82, 2.24) is 9.88 Å². The highest BCUT2D eigenvalue weighted by Gasteiger charge is 2.36. The topological polar surface area (TPSA) is 71.3 Å². The van der Waals surface area contributed by atoms with Gasteiger partial charge in [-0.15, -0.1) is 0 Å². The molecule has 6 heteroatoms. The standard InChI is InChI=1S/C25H25ClN2O3/c1-25(2)13-20-24(16-6-4-3-5-7-16)23(17-8-10-18(26)11-9-17)19(28(20)15-25)12-21(29)27-14-22(30)31/h3-11H,12-15H2,1-2H3,(H,27,29)(H,30,31). The summed E-state index contributed by atoms with van der Waals surface area (Å²) < 4.78 is 2.26. The largest absolute Gasteiger partial charge is 0.480 e. The number of amides is 1. The van der Waals surface area contributed by atoms with Crippen LogP contribution in [0.1, 0.15) is 25.2 Å². The van der Waals surface area contributed by atoms with E-state index >= 15 is 0 Å². The van der Waals surface area contributed by atoms with Gasteiger partial charge < -0.3 is 15.0 Å². The number of carboxylic acid groups (broad SMARTS) is 1. The molecule has 4 rings (SSSR count).